The molecule has 0 aromatic heterocycles. The third-order valence-electron chi connectivity index (χ3n) is 4.89. The maximum atomic E-state index is 12.3. The second-order valence-electron chi connectivity index (χ2n) is 7.22. The van der Waals surface area contributed by atoms with Crippen molar-refractivity contribution in [1.82, 2.24) is 5.32 Å². The van der Waals surface area contributed by atoms with E-state index in [1.165, 1.54) is 31.3 Å². The predicted molar refractivity (Wildman–Crippen MR) is 121 cm³/mol. The average Bonchev–Trinajstić information content (AvgIpc) is 2.75. The number of hydrogen-bond donors (Lipinski definition) is 2. The molecule has 0 unspecified atom stereocenters. The van der Waals surface area contributed by atoms with E-state index in [4.69, 9.17) is 0 Å². The number of amides is 2. The van der Waals surface area contributed by atoms with Gasteiger partial charge in [-0.3, -0.25) is 9.59 Å². The summed E-state index contributed by atoms with van der Waals surface area (Å²) in [6, 6.07) is 17.1. The minimum Gasteiger partial charge on any atom is -0.352 e. The number of thioether (sulfide) groups is 1. The van der Waals surface area contributed by atoms with E-state index in [1.807, 2.05) is 54.6 Å². The molecule has 5 heteroatoms. The molecule has 0 bridgehead atoms. The van der Waals surface area contributed by atoms with Crippen LogP contribution in [0.1, 0.15) is 48.0 Å². The standard InChI is InChI=1S/C24H28N2O2S/c27-23(26-22-9-5-2-6-10-22)18-29-17-20-11-13-21(14-12-20)24(28)25-16-15-19-7-3-1-4-8-19/h2,5-7,9-14H,1,3-4,8,15-18H2,(H,25,28)(H,26,27). The lowest BCUT2D eigenvalue weighted by atomic mass is 9.97. The van der Waals surface area contributed by atoms with Crippen LogP contribution in [-0.2, 0) is 10.5 Å². The minimum absolute atomic E-state index is 0.00900. The van der Waals surface area contributed by atoms with Gasteiger partial charge in [0.1, 0.15) is 0 Å². The number of carbonyl (C=O) groups is 2. The van der Waals surface area contributed by atoms with Crippen molar-refractivity contribution in [1.29, 1.82) is 0 Å². The fourth-order valence-electron chi connectivity index (χ4n) is 3.30. The third kappa shape index (κ3) is 7.42. The number of hydrogen-bond acceptors (Lipinski definition) is 3. The average molecular weight is 409 g/mol. The molecule has 29 heavy (non-hydrogen) atoms. The van der Waals surface area contributed by atoms with Gasteiger partial charge in [0.15, 0.2) is 0 Å². The van der Waals surface area contributed by atoms with Crippen LogP contribution in [0.4, 0.5) is 5.69 Å². The van der Waals surface area contributed by atoms with E-state index in [-0.39, 0.29) is 11.8 Å². The van der Waals surface area contributed by atoms with Gasteiger partial charge in [-0.05, 0) is 61.9 Å². The molecular formula is C24H28N2O2S. The van der Waals surface area contributed by atoms with Crippen LogP contribution in [0.3, 0.4) is 0 Å². The molecule has 2 aromatic rings. The van der Waals surface area contributed by atoms with Gasteiger partial charge < -0.3 is 10.6 Å². The van der Waals surface area contributed by atoms with Crippen molar-refractivity contribution in [3.8, 4) is 0 Å². The van der Waals surface area contributed by atoms with Crippen molar-refractivity contribution in [3.63, 3.8) is 0 Å². The Morgan fingerprint density at radius 2 is 1.76 bits per heavy atom. The maximum absolute atomic E-state index is 12.3. The van der Waals surface area contributed by atoms with Crippen LogP contribution < -0.4 is 10.6 Å². The summed E-state index contributed by atoms with van der Waals surface area (Å²) in [6.45, 7) is 0.693. The zero-order valence-electron chi connectivity index (χ0n) is 16.7. The molecule has 2 amide bonds. The van der Waals surface area contributed by atoms with Crippen molar-refractivity contribution in [2.45, 2.75) is 37.9 Å². The van der Waals surface area contributed by atoms with Gasteiger partial charge in [-0.15, -0.1) is 11.8 Å². The van der Waals surface area contributed by atoms with Gasteiger partial charge in [-0.2, -0.15) is 0 Å². The zero-order valence-corrected chi connectivity index (χ0v) is 17.5. The van der Waals surface area contributed by atoms with Crippen molar-refractivity contribution >= 4 is 29.3 Å². The molecule has 0 fully saturated rings. The van der Waals surface area contributed by atoms with Crippen LogP contribution in [0.15, 0.2) is 66.2 Å². The van der Waals surface area contributed by atoms with E-state index in [1.54, 1.807) is 11.8 Å². The number of para-hydroxylation sites is 1. The first kappa shape index (κ1) is 21.2. The molecule has 1 aliphatic rings. The first-order chi connectivity index (χ1) is 14.2. The Bertz CT molecular complexity index is 832. The van der Waals surface area contributed by atoms with Crippen molar-refractivity contribution < 1.29 is 9.59 Å². The highest BCUT2D eigenvalue weighted by Crippen LogP contribution is 2.19. The van der Waals surface area contributed by atoms with Crippen LogP contribution in [-0.4, -0.2) is 24.1 Å². The smallest absolute Gasteiger partial charge is 0.251 e. The Morgan fingerprint density at radius 1 is 0.966 bits per heavy atom. The monoisotopic (exact) mass is 408 g/mol. The lowest BCUT2D eigenvalue weighted by Gasteiger charge is -2.13. The van der Waals surface area contributed by atoms with E-state index in [0.717, 1.165) is 23.4 Å². The number of anilines is 1. The largest absolute Gasteiger partial charge is 0.352 e. The number of carbonyl (C=O) groups excluding carboxylic acids is 2. The second-order valence-corrected chi connectivity index (χ2v) is 8.20. The molecule has 0 saturated heterocycles. The highest BCUT2D eigenvalue weighted by Gasteiger charge is 2.08. The van der Waals surface area contributed by atoms with Gasteiger partial charge in [-0.1, -0.05) is 42.0 Å². The maximum Gasteiger partial charge on any atom is 0.251 e. The van der Waals surface area contributed by atoms with E-state index in [0.29, 0.717) is 17.9 Å². The molecule has 0 radical (unpaired) electrons. The summed E-state index contributed by atoms with van der Waals surface area (Å²) in [7, 11) is 0. The van der Waals surface area contributed by atoms with Gasteiger partial charge in [0, 0.05) is 23.5 Å². The molecule has 0 heterocycles. The summed E-state index contributed by atoms with van der Waals surface area (Å²) >= 11 is 1.56. The Kier molecular flexibility index (Phi) is 8.38. The normalized spacial score (nSPS) is 13.4. The first-order valence-electron chi connectivity index (χ1n) is 10.2. The topological polar surface area (TPSA) is 58.2 Å². The summed E-state index contributed by atoms with van der Waals surface area (Å²) in [5.41, 5.74) is 4.07. The fourth-order valence-corrected chi connectivity index (χ4v) is 4.09. The van der Waals surface area contributed by atoms with Crippen LogP contribution in [0, 0.1) is 0 Å². The van der Waals surface area contributed by atoms with Gasteiger partial charge in [-0.25, -0.2) is 0 Å². The quantitative estimate of drug-likeness (QED) is 0.562. The zero-order chi connectivity index (χ0) is 20.3. The molecule has 0 aliphatic heterocycles. The van der Waals surface area contributed by atoms with E-state index in [2.05, 4.69) is 16.7 Å². The summed E-state index contributed by atoms with van der Waals surface area (Å²) in [6.07, 6.45) is 8.18. The Labute approximate surface area is 177 Å². The fraction of sp³-hybridized carbons (Fsp3) is 0.333. The van der Waals surface area contributed by atoms with Crippen molar-refractivity contribution in [2.75, 3.05) is 17.6 Å². The highest BCUT2D eigenvalue weighted by atomic mass is 32.2. The number of allylic oxidation sites excluding steroid dienone is 1. The molecule has 4 nitrogen and oxygen atoms in total. The molecule has 2 N–H and O–H groups in total. The second kappa shape index (κ2) is 11.5. The lowest BCUT2D eigenvalue weighted by Crippen LogP contribution is -2.24. The predicted octanol–water partition coefficient (Wildman–Crippen LogP) is 5.18. The van der Waals surface area contributed by atoms with Crippen LogP contribution >= 0.6 is 11.8 Å². The summed E-state index contributed by atoms with van der Waals surface area (Å²) < 4.78 is 0. The van der Waals surface area contributed by atoms with Gasteiger partial charge in [0.25, 0.3) is 5.91 Å². The van der Waals surface area contributed by atoms with Crippen LogP contribution in [0.5, 0.6) is 0 Å². The number of benzene rings is 2. The number of rotatable bonds is 9. The Hall–Kier alpha value is -2.53. The summed E-state index contributed by atoms with van der Waals surface area (Å²) in [5.74, 6) is 1.10. The summed E-state index contributed by atoms with van der Waals surface area (Å²) in [5, 5.41) is 5.89. The molecule has 0 spiro atoms. The molecule has 0 atom stereocenters. The SMILES string of the molecule is O=C(CSCc1ccc(C(=O)NCCC2=CCCCC2)cc1)Nc1ccccc1. The van der Waals surface area contributed by atoms with Crippen LogP contribution in [0.2, 0.25) is 0 Å². The Balaban J connectivity index is 1.36. The van der Waals surface area contributed by atoms with E-state index < -0.39 is 0 Å². The molecule has 152 valence electrons. The first-order valence-corrected chi connectivity index (χ1v) is 11.3. The molecule has 1 aliphatic carbocycles. The minimum atomic E-state index is -0.0251. The van der Waals surface area contributed by atoms with E-state index >= 15 is 0 Å². The Morgan fingerprint density at radius 3 is 2.48 bits per heavy atom. The van der Waals surface area contributed by atoms with Crippen molar-refractivity contribution in [2.24, 2.45) is 0 Å². The van der Waals surface area contributed by atoms with Gasteiger partial charge in [0.05, 0.1) is 5.75 Å². The highest BCUT2D eigenvalue weighted by molar-refractivity contribution is 7.99. The molecular weight excluding hydrogens is 380 g/mol. The third-order valence-corrected chi connectivity index (χ3v) is 5.90. The molecule has 2 aromatic carbocycles. The van der Waals surface area contributed by atoms with Crippen LogP contribution in [0.25, 0.3) is 0 Å². The number of nitrogens with one attached hydrogen (secondary N) is 2. The van der Waals surface area contributed by atoms with Crippen molar-refractivity contribution in [3.05, 3.63) is 77.4 Å². The summed E-state index contributed by atoms with van der Waals surface area (Å²) in [4.78, 5) is 24.3. The van der Waals surface area contributed by atoms with Gasteiger partial charge >= 0.3 is 0 Å². The van der Waals surface area contributed by atoms with E-state index in [9.17, 15) is 9.59 Å². The molecule has 0 saturated carbocycles. The lowest BCUT2D eigenvalue weighted by molar-refractivity contribution is -0.113. The molecule has 3 rings (SSSR count). The van der Waals surface area contributed by atoms with Gasteiger partial charge in [0.2, 0.25) is 5.91 Å².